The van der Waals surface area contributed by atoms with Gasteiger partial charge in [0.25, 0.3) is 0 Å². The lowest BCUT2D eigenvalue weighted by Gasteiger charge is -2.22. The number of nitriles is 1. The Bertz CT molecular complexity index is 452. The summed E-state index contributed by atoms with van der Waals surface area (Å²) in [5.41, 5.74) is 0.725. The molecule has 0 aromatic heterocycles. The third-order valence-corrected chi connectivity index (χ3v) is 2.31. The first-order chi connectivity index (χ1) is 7.85. The van der Waals surface area contributed by atoms with Crippen LogP contribution >= 0.6 is 0 Å². The van der Waals surface area contributed by atoms with Crippen molar-refractivity contribution in [2.75, 3.05) is 0 Å². The van der Waals surface area contributed by atoms with Crippen LogP contribution in [0.25, 0.3) is 0 Å². The summed E-state index contributed by atoms with van der Waals surface area (Å²) in [6, 6.07) is 9.17. The van der Waals surface area contributed by atoms with Gasteiger partial charge < -0.3 is 4.74 Å². The molecule has 1 aromatic carbocycles. The van der Waals surface area contributed by atoms with Crippen molar-refractivity contribution in [2.24, 2.45) is 0 Å². The largest absolute Gasteiger partial charge is 0.460 e. The normalized spacial score (nSPS) is 12.6. The molecule has 3 heteroatoms. The number of hydrogen-bond donors (Lipinski definition) is 0. The van der Waals surface area contributed by atoms with Crippen LogP contribution in [0, 0.1) is 11.3 Å². The molecule has 0 aliphatic rings. The fourth-order valence-electron chi connectivity index (χ4n) is 1.49. The molecular weight excluding hydrogens is 214 g/mol. The van der Waals surface area contributed by atoms with E-state index in [2.05, 4.69) is 6.07 Å². The molecule has 0 radical (unpaired) electrons. The van der Waals surface area contributed by atoms with Crippen LogP contribution in [0.4, 0.5) is 0 Å². The van der Waals surface area contributed by atoms with Crippen LogP contribution in [0.3, 0.4) is 0 Å². The van der Waals surface area contributed by atoms with Crippen LogP contribution in [0.5, 0.6) is 0 Å². The summed E-state index contributed by atoms with van der Waals surface area (Å²) in [5, 5.41) is 8.98. The molecule has 17 heavy (non-hydrogen) atoms. The summed E-state index contributed by atoms with van der Waals surface area (Å²) >= 11 is 0. The van der Waals surface area contributed by atoms with E-state index in [1.165, 1.54) is 0 Å². The molecule has 0 N–H and O–H groups in total. The Morgan fingerprint density at radius 1 is 1.35 bits per heavy atom. The van der Waals surface area contributed by atoms with Crippen LogP contribution in [-0.2, 0) is 9.53 Å². The van der Waals surface area contributed by atoms with Gasteiger partial charge >= 0.3 is 5.97 Å². The summed E-state index contributed by atoms with van der Waals surface area (Å²) < 4.78 is 5.31. The van der Waals surface area contributed by atoms with Crippen molar-refractivity contribution in [3.63, 3.8) is 0 Å². The number of rotatable bonds is 2. The Labute approximate surface area is 102 Å². The smallest absolute Gasteiger partial charge is 0.313 e. The van der Waals surface area contributed by atoms with E-state index < -0.39 is 11.5 Å². The molecular formula is C14H17NO2. The monoisotopic (exact) mass is 231 g/mol. The maximum absolute atomic E-state index is 11.9. The highest BCUT2D eigenvalue weighted by Gasteiger charge is 2.24. The van der Waals surface area contributed by atoms with Crippen LogP contribution in [0.1, 0.15) is 44.7 Å². The molecule has 0 spiro atoms. The topological polar surface area (TPSA) is 50.1 Å². The lowest BCUT2D eigenvalue weighted by molar-refractivity contribution is -0.156. The van der Waals surface area contributed by atoms with Gasteiger partial charge in [0, 0.05) is 0 Å². The van der Waals surface area contributed by atoms with Crippen molar-refractivity contribution in [1.82, 2.24) is 0 Å². The molecule has 0 bridgehead atoms. The third kappa shape index (κ3) is 3.60. The number of nitrogens with zero attached hydrogens (tertiary/aromatic N) is 1. The van der Waals surface area contributed by atoms with Gasteiger partial charge in [0.05, 0.1) is 17.6 Å². The van der Waals surface area contributed by atoms with Crippen LogP contribution in [-0.4, -0.2) is 11.6 Å². The molecule has 0 heterocycles. The molecule has 0 saturated heterocycles. The fraction of sp³-hybridized carbons (Fsp3) is 0.429. The van der Waals surface area contributed by atoms with E-state index in [1.54, 1.807) is 25.1 Å². The Kier molecular flexibility index (Phi) is 3.90. The van der Waals surface area contributed by atoms with Gasteiger partial charge in [-0.25, -0.2) is 0 Å². The average Bonchev–Trinajstić information content (AvgIpc) is 2.25. The highest BCUT2D eigenvalue weighted by atomic mass is 16.6. The first-order valence-electron chi connectivity index (χ1n) is 5.57. The number of esters is 1. The van der Waals surface area contributed by atoms with E-state index in [1.807, 2.05) is 26.8 Å². The predicted molar refractivity (Wildman–Crippen MR) is 65.4 cm³/mol. The third-order valence-electron chi connectivity index (χ3n) is 2.31. The van der Waals surface area contributed by atoms with Gasteiger partial charge in [-0.2, -0.15) is 5.26 Å². The van der Waals surface area contributed by atoms with Crippen molar-refractivity contribution < 1.29 is 9.53 Å². The van der Waals surface area contributed by atoms with Gasteiger partial charge in [0.2, 0.25) is 0 Å². The second-order valence-electron chi connectivity index (χ2n) is 4.95. The van der Waals surface area contributed by atoms with Crippen molar-refractivity contribution in [2.45, 2.75) is 39.2 Å². The van der Waals surface area contributed by atoms with Gasteiger partial charge in [-0.1, -0.05) is 18.2 Å². The van der Waals surface area contributed by atoms with E-state index in [4.69, 9.17) is 10.00 Å². The summed E-state index contributed by atoms with van der Waals surface area (Å²) in [6.45, 7) is 7.24. The lowest BCUT2D eigenvalue weighted by Crippen LogP contribution is -2.27. The summed E-state index contributed by atoms with van der Waals surface area (Å²) in [5.74, 6) is -0.731. The number of ether oxygens (including phenoxy) is 1. The molecule has 1 rings (SSSR count). The van der Waals surface area contributed by atoms with Crippen LogP contribution in [0.15, 0.2) is 24.3 Å². The van der Waals surface area contributed by atoms with E-state index in [-0.39, 0.29) is 5.97 Å². The number of carbonyl (C=O) groups is 1. The zero-order valence-electron chi connectivity index (χ0n) is 10.7. The highest BCUT2D eigenvalue weighted by molar-refractivity contribution is 5.79. The summed E-state index contributed by atoms with van der Waals surface area (Å²) in [7, 11) is 0. The molecule has 1 atom stereocenters. The lowest BCUT2D eigenvalue weighted by atomic mass is 9.96. The first-order valence-corrected chi connectivity index (χ1v) is 5.57. The minimum absolute atomic E-state index is 0.305. The molecule has 90 valence electrons. The summed E-state index contributed by atoms with van der Waals surface area (Å²) in [4.78, 5) is 11.9. The van der Waals surface area contributed by atoms with E-state index in [0.29, 0.717) is 11.1 Å². The first kappa shape index (κ1) is 13.2. The molecule has 0 unspecified atom stereocenters. The second kappa shape index (κ2) is 5.01. The maximum atomic E-state index is 11.9. The van der Waals surface area contributed by atoms with Gasteiger partial charge in [-0.15, -0.1) is 0 Å². The minimum Gasteiger partial charge on any atom is -0.460 e. The predicted octanol–water partition coefficient (Wildman–Crippen LogP) is 3.00. The molecule has 0 aliphatic heterocycles. The molecule has 0 fully saturated rings. The highest BCUT2D eigenvalue weighted by Crippen LogP contribution is 2.22. The van der Waals surface area contributed by atoms with E-state index in [9.17, 15) is 4.79 Å². The van der Waals surface area contributed by atoms with Gasteiger partial charge in [-0.3, -0.25) is 4.79 Å². The molecule has 0 amide bonds. The Morgan fingerprint density at radius 3 is 2.47 bits per heavy atom. The molecule has 3 nitrogen and oxygen atoms in total. The minimum atomic E-state index is -0.507. The fourth-order valence-corrected chi connectivity index (χ4v) is 1.49. The number of hydrogen-bond acceptors (Lipinski definition) is 3. The maximum Gasteiger partial charge on any atom is 0.313 e. The van der Waals surface area contributed by atoms with Gasteiger partial charge in [0.1, 0.15) is 5.60 Å². The Balaban J connectivity index is 2.94. The van der Waals surface area contributed by atoms with Crippen molar-refractivity contribution in [3.8, 4) is 6.07 Å². The number of benzene rings is 1. The Hall–Kier alpha value is -1.82. The van der Waals surface area contributed by atoms with E-state index in [0.717, 1.165) is 0 Å². The van der Waals surface area contributed by atoms with Crippen LogP contribution in [0.2, 0.25) is 0 Å². The van der Waals surface area contributed by atoms with Crippen molar-refractivity contribution in [1.29, 1.82) is 5.26 Å². The zero-order valence-corrected chi connectivity index (χ0v) is 10.7. The Morgan fingerprint density at radius 2 is 1.94 bits per heavy atom. The van der Waals surface area contributed by atoms with Gasteiger partial charge in [-0.05, 0) is 39.3 Å². The average molecular weight is 231 g/mol. The quantitative estimate of drug-likeness (QED) is 0.735. The van der Waals surface area contributed by atoms with Crippen LogP contribution < -0.4 is 0 Å². The molecule has 0 saturated carbocycles. The SMILES string of the molecule is C[C@@H](C(=O)OC(C)(C)C)c1ccccc1C#N. The van der Waals surface area contributed by atoms with Crippen molar-refractivity contribution in [3.05, 3.63) is 35.4 Å². The molecule has 1 aromatic rings. The van der Waals surface area contributed by atoms with Gasteiger partial charge in [0.15, 0.2) is 0 Å². The second-order valence-corrected chi connectivity index (χ2v) is 4.95. The molecule has 0 aliphatic carbocycles. The standard InChI is InChI=1S/C14H17NO2/c1-10(13(16)17-14(2,3)4)12-8-6-5-7-11(12)9-15/h5-8,10H,1-4H3/t10-/m1/s1. The van der Waals surface area contributed by atoms with E-state index >= 15 is 0 Å². The number of carbonyl (C=O) groups excluding carboxylic acids is 1. The van der Waals surface area contributed by atoms with Crippen molar-refractivity contribution >= 4 is 5.97 Å². The summed E-state index contributed by atoms with van der Waals surface area (Å²) in [6.07, 6.45) is 0. The zero-order chi connectivity index (χ0) is 13.1.